The van der Waals surface area contributed by atoms with Crippen molar-refractivity contribution in [3.8, 4) is 16.4 Å². The lowest BCUT2D eigenvalue weighted by molar-refractivity contribution is 0.827. The third-order valence-electron chi connectivity index (χ3n) is 4.28. The van der Waals surface area contributed by atoms with Crippen LogP contribution in [0.1, 0.15) is 11.3 Å². The van der Waals surface area contributed by atoms with E-state index in [0.29, 0.717) is 16.5 Å². The molecule has 2 aromatic heterocycles. The molecule has 4 aromatic rings. The van der Waals surface area contributed by atoms with E-state index in [9.17, 15) is 4.79 Å². The quantitative estimate of drug-likeness (QED) is 0.292. The first-order valence-corrected chi connectivity index (χ1v) is 11.1. The standard InChI is InChI=1S/C20H15Br2N5OS/c1-11-3-8-15(9-16(11)22)24-25-18-12(2)26-27(19(18)28)20-23-17(10-29-20)13-4-6-14(21)7-5-13/h3-10,26H,1-2H3. The van der Waals surface area contributed by atoms with Crippen LogP contribution in [0, 0.1) is 13.8 Å². The molecule has 0 saturated heterocycles. The SMILES string of the molecule is Cc1ccc(N=Nc2c(C)[nH]n(-c3nc(-c4ccc(Br)cc4)cs3)c2=O)cc1Br. The number of hydrogen-bond acceptors (Lipinski definition) is 5. The van der Waals surface area contributed by atoms with Crippen LogP contribution in [-0.4, -0.2) is 14.8 Å². The van der Waals surface area contributed by atoms with Gasteiger partial charge >= 0.3 is 5.56 Å². The molecule has 0 unspecified atom stereocenters. The molecule has 6 nitrogen and oxygen atoms in total. The number of aryl methyl sites for hydroxylation is 2. The molecule has 0 fully saturated rings. The molecular formula is C20H15Br2N5OS. The lowest BCUT2D eigenvalue weighted by atomic mass is 10.2. The van der Waals surface area contributed by atoms with E-state index < -0.39 is 0 Å². The summed E-state index contributed by atoms with van der Waals surface area (Å²) in [5, 5.41) is 13.9. The summed E-state index contributed by atoms with van der Waals surface area (Å²) in [6, 6.07) is 13.5. The Bertz CT molecular complexity index is 1270. The number of benzene rings is 2. The molecule has 0 aliphatic rings. The highest BCUT2D eigenvalue weighted by Crippen LogP contribution is 2.27. The number of aromatic nitrogens is 3. The maximum atomic E-state index is 12.9. The average Bonchev–Trinajstić information content (AvgIpc) is 3.29. The van der Waals surface area contributed by atoms with Crippen LogP contribution in [0.3, 0.4) is 0 Å². The molecule has 0 amide bonds. The Morgan fingerprint density at radius 1 is 1.07 bits per heavy atom. The second kappa shape index (κ2) is 8.17. The van der Waals surface area contributed by atoms with Gasteiger partial charge in [0.2, 0.25) is 5.13 Å². The summed E-state index contributed by atoms with van der Waals surface area (Å²) in [5.41, 5.74) is 4.18. The van der Waals surface area contributed by atoms with Gasteiger partial charge in [0.1, 0.15) is 0 Å². The summed E-state index contributed by atoms with van der Waals surface area (Å²) in [7, 11) is 0. The van der Waals surface area contributed by atoms with Crippen molar-refractivity contribution in [3.63, 3.8) is 0 Å². The zero-order valence-electron chi connectivity index (χ0n) is 15.5. The number of thiazole rings is 1. The highest BCUT2D eigenvalue weighted by molar-refractivity contribution is 9.10. The summed E-state index contributed by atoms with van der Waals surface area (Å²) in [6.45, 7) is 3.79. The van der Waals surface area contributed by atoms with Crippen molar-refractivity contribution < 1.29 is 0 Å². The van der Waals surface area contributed by atoms with Crippen molar-refractivity contribution >= 4 is 54.6 Å². The Hall–Kier alpha value is -2.36. The number of halogens is 2. The summed E-state index contributed by atoms with van der Waals surface area (Å²) < 4.78 is 3.35. The molecule has 146 valence electrons. The number of hydrogen-bond donors (Lipinski definition) is 1. The molecule has 0 saturated carbocycles. The monoisotopic (exact) mass is 531 g/mol. The zero-order valence-corrected chi connectivity index (χ0v) is 19.5. The van der Waals surface area contributed by atoms with Crippen molar-refractivity contribution in [1.29, 1.82) is 0 Å². The number of azo groups is 1. The minimum Gasteiger partial charge on any atom is -0.291 e. The molecule has 0 radical (unpaired) electrons. The molecule has 2 aromatic carbocycles. The van der Waals surface area contributed by atoms with Crippen molar-refractivity contribution in [3.05, 3.63) is 78.4 Å². The zero-order chi connectivity index (χ0) is 20.5. The number of H-pyrrole nitrogens is 1. The minimum atomic E-state index is -0.283. The first-order chi connectivity index (χ1) is 13.9. The van der Waals surface area contributed by atoms with E-state index >= 15 is 0 Å². The maximum Gasteiger partial charge on any atom is 0.301 e. The highest BCUT2D eigenvalue weighted by Gasteiger charge is 2.15. The van der Waals surface area contributed by atoms with Gasteiger partial charge in [-0.3, -0.25) is 9.89 Å². The third-order valence-corrected chi connectivity index (χ3v) is 6.49. The van der Waals surface area contributed by atoms with Crippen LogP contribution < -0.4 is 5.56 Å². The topological polar surface area (TPSA) is 75.4 Å². The van der Waals surface area contributed by atoms with Crippen molar-refractivity contribution in [2.75, 3.05) is 0 Å². The van der Waals surface area contributed by atoms with E-state index in [1.54, 1.807) is 6.92 Å². The normalized spacial score (nSPS) is 11.4. The molecular weight excluding hydrogens is 518 g/mol. The molecule has 4 rings (SSSR count). The third kappa shape index (κ3) is 4.17. The number of nitrogens with one attached hydrogen (secondary N) is 1. The number of nitrogens with zero attached hydrogens (tertiary/aromatic N) is 4. The molecule has 0 atom stereocenters. The van der Waals surface area contributed by atoms with Gasteiger partial charge in [-0.1, -0.05) is 50.1 Å². The summed E-state index contributed by atoms with van der Waals surface area (Å²) in [4.78, 5) is 17.4. The Morgan fingerprint density at radius 2 is 1.83 bits per heavy atom. The van der Waals surface area contributed by atoms with E-state index in [1.165, 1.54) is 16.0 Å². The first-order valence-electron chi connectivity index (χ1n) is 8.64. The number of rotatable bonds is 4. The Kier molecular flexibility index (Phi) is 5.62. The van der Waals surface area contributed by atoms with Gasteiger partial charge in [-0.05, 0) is 43.7 Å². The van der Waals surface area contributed by atoms with E-state index in [-0.39, 0.29) is 11.2 Å². The lowest BCUT2D eigenvalue weighted by Gasteiger charge is -1.97. The van der Waals surface area contributed by atoms with Crippen molar-refractivity contribution in [1.82, 2.24) is 14.8 Å². The average molecular weight is 533 g/mol. The van der Waals surface area contributed by atoms with Gasteiger partial charge in [-0.15, -0.1) is 16.5 Å². The summed E-state index contributed by atoms with van der Waals surface area (Å²) >= 11 is 8.29. The Balaban J connectivity index is 1.65. The Labute approximate surface area is 187 Å². The van der Waals surface area contributed by atoms with Gasteiger partial charge in [0.15, 0.2) is 5.69 Å². The summed E-state index contributed by atoms with van der Waals surface area (Å²) in [6.07, 6.45) is 0. The van der Waals surface area contributed by atoms with Gasteiger partial charge in [-0.2, -0.15) is 9.80 Å². The molecule has 29 heavy (non-hydrogen) atoms. The maximum absolute atomic E-state index is 12.9. The lowest BCUT2D eigenvalue weighted by Crippen LogP contribution is -2.13. The van der Waals surface area contributed by atoms with Gasteiger partial charge < -0.3 is 0 Å². The fourth-order valence-corrected chi connectivity index (χ4v) is 4.08. The van der Waals surface area contributed by atoms with Gasteiger partial charge in [0.25, 0.3) is 0 Å². The van der Waals surface area contributed by atoms with Crippen molar-refractivity contribution in [2.24, 2.45) is 10.2 Å². The van der Waals surface area contributed by atoms with Crippen LogP contribution in [0.5, 0.6) is 0 Å². The Morgan fingerprint density at radius 3 is 2.55 bits per heavy atom. The van der Waals surface area contributed by atoms with E-state index in [1.807, 2.05) is 54.8 Å². The van der Waals surface area contributed by atoms with Crippen LogP contribution in [0.4, 0.5) is 11.4 Å². The van der Waals surface area contributed by atoms with E-state index in [4.69, 9.17) is 0 Å². The van der Waals surface area contributed by atoms with Gasteiger partial charge in [0, 0.05) is 19.9 Å². The van der Waals surface area contributed by atoms with Crippen LogP contribution >= 0.6 is 43.2 Å². The largest absolute Gasteiger partial charge is 0.301 e. The molecule has 1 N–H and O–H groups in total. The van der Waals surface area contributed by atoms with E-state index in [2.05, 4.69) is 52.2 Å². The smallest absolute Gasteiger partial charge is 0.291 e. The van der Waals surface area contributed by atoms with Gasteiger partial charge in [-0.25, -0.2) is 4.98 Å². The fourth-order valence-electron chi connectivity index (χ4n) is 2.66. The molecule has 0 bridgehead atoms. The van der Waals surface area contributed by atoms with Crippen LogP contribution in [0.2, 0.25) is 0 Å². The molecule has 9 heteroatoms. The van der Waals surface area contributed by atoms with E-state index in [0.717, 1.165) is 25.8 Å². The van der Waals surface area contributed by atoms with Gasteiger partial charge in [0.05, 0.1) is 17.1 Å². The first kappa shape index (κ1) is 19.9. The molecule has 0 spiro atoms. The molecule has 0 aliphatic heterocycles. The predicted molar refractivity (Wildman–Crippen MR) is 123 cm³/mol. The van der Waals surface area contributed by atoms with Crippen LogP contribution in [0.15, 0.2) is 71.8 Å². The summed E-state index contributed by atoms with van der Waals surface area (Å²) in [5.74, 6) is 0. The fraction of sp³-hybridized carbons (Fsp3) is 0.100. The molecule has 2 heterocycles. The molecule has 0 aliphatic carbocycles. The number of aromatic amines is 1. The van der Waals surface area contributed by atoms with Crippen LogP contribution in [-0.2, 0) is 0 Å². The van der Waals surface area contributed by atoms with Crippen LogP contribution in [0.25, 0.3) is 16.4 Å². The van der Waals surface area contributed by atoms with Crippen molar-refractivity contribution in [2.45, 2.75) is 13.8 Å². The second-order valence-electron chi connectivity index (χ2n) is 6.38. The minimum absolute atomic E-state index is 0.266. The highest BCUT2D eigenvalue weighted by atomic mass is 79.9. The second-order valence-corrected chi connectivity index (χ2v) is 8.99. The predicted octanol–water partition coefficient (Wildman–Crippen LogP) is 6.85.